The van der Waals surface area contributed by atoms with E-state index in [2.05, 4.69) is 18.9 Å². The first-order valence-corrected chi connectivity index (χ1v) is 4.76. The van der Waals surface area contributed by atoms with Gasteiger partial charge >= 0.3 is 11.9 Å². The van der Waals surface area contributed by atoms with E-state index in [1.807, 2.05) is 0 Å². The van der Waals surface area contributed by atoms with E-state index in [4.69, 9.17) is 15.0 Å². The molecule has 0 unspecified atom stereocenters. The predicted molar refractivity (Wildman–Crippen MR) is 69.3 cm³/mol. The fraction of sp³-hybridized carbons (Fsp3) is 0.167. The van der Waals surface area contributed by atoms with Gasteiger partial charge in [0.2, 0.25) is 6.41 Å². The van der Waals surface area contributed by atoms with Crippen LogP contribution in [0.5, 0.6) is 0 Å². The third kappa shape index (κ3) is 21.2. The number of primary amides is 1. The van der Waals surface area contributed by atoms with Crippen molar-refractivity contribution >= 4 is 24.1 Å². The van der Waals surface area contributed by atoms with Crippen LogP contribution < -0.4 is 5.73 Å². The van der Waals surface area contributed by atoms with Crippen LogP contribution in [0.4, 0.5) is 0 Å². The molecule has 0 atom stereocenters. The molecule has 0 saturated heterocycles. The summed E-state index contributed by atoms with van der Waals surface area (Å²) in [4.78, 5) is 38.9. The van der Waals surface area contributed by atoms with Gasteiger partial charge in [-0.2, -0.15) is 0 Å². The van der Waals surface area contributed by atoms with Crippen LogP contribution in [-0.4, -0.2) is 34.3 Å². The summed E-state index contributed by atoms with van der Waals surface area (Å²) in [7, 11) is 0. The number of nitrogens with two attached hydrogens (primary N) is 1. The number of carbonyl (C=O) groups excluding carboxylic acids is 2. The Morgan fingerprint density at radius 1 is 1.16 bits per heavy atom. The number of hydrogen-bond donors (Lipinski definition) is 3. The first-order chi connectivity index (χ1) is 8.63. The fourth-order valence-corrected chi connectivity index (χ4v) is 0.382. The van der Waals surface area contributed by atoms with Crippen molar-refractivity contribution in [2.45, 2.75) is 13.8 Å². The zero-order valence-electron chi connectivity index (χ0n) is 10.8. The highest BCUT2D eigenvalue weighted by Gasteiger charge is 2.03. The van der Waals surface area contributed by atoms with Gasteiger partial charge in [0, 0.05) is 11.6 Å². The van der Waals surface area contributed by atoms with Crippen LogP contribution in [0.15, 0.2) is 36.5 Å². The van der Waals surface area contributed by atoms with Gasteiger partial charge in [0.15, 0.2) is 5.78 Å². The molecule has 0 saturated carbocycles. The molecule has 0 aliphatic carbocycles. The van der Waals surface area contributed by atoms with E-state index in [0.29, 0.717) is 5.57 Å². The average molecular weight is 271 g/mol. The number of ketones is 1. The van der Waals surface area contributed by atoms with Crippen LogP contribution in [0.25, 0.3) is 0 Å². The van der Waals surface area contributed by atoms with E-state index >= 15 is 0 Å². The standard InChI is InChI=1S/C8H10O3.C3H4O2.CH3NO/c1-5(2)7(9)4-6(3)8(10)11;1-2-3(4)5;2-1-3/h4H,1H2,2-3H3,(H,10,11);2H,1H2,(H,4,5);1H,(H2,2,3)/b6-4+;;. The Bertz CT molecular complexity index is 395. The van der Waals surface area contributed by atoms with Gasteiger partial charge in [-0.05, 0) is 25.5 Å². The van der Waals surface area contributed by atoms with Crippen molar-refractivity contribution in [3.05, 3.63) is 36.5 Å². The molecule has 0 radical (unpaired) electrons. The molecule has 19 heavy (non-hydrogen) atoms. The highest BCUT2D eigenvalue weighted by Crippen LogP contribution is 1.97. The number of carboxylic acid groups (broad SMARTS) is 2. The van der Waals surface area contributed by atoms with Crippen molar-refractivity contribution in [3.63, 3.8) is 0 Å². The molecule has 0 aromatic rings. The molecule has 7 nitrogen and oxygen atoms in total. The third-order valence-electron chi connectivity index (χ3n) is 1.28. The molecule has 1 amide bonds. The van der Waals surface area contributed by atoms with Crippen molar-refractivity contribution in [2.75, 3.05) is 0 Å². The number of amides is 1. The zero-order valence-corrected chi connectivity index (χ0v) is 10.8. The molecule has 0 aromatic carbocycles. The highest BCUT2D eigenvalue weighted by molar-refractivity contribution is 6.07. The number of carbonyl (C=O) groups is 4. The van der Waals surface area contributed by atoms with Crippen LogP contribution in [0, 0.1) is 0 Å². The van der Waals surface area contributed by atoms with Crippen molar-refractivity contribution in [1.82, 2.24) is 0 Å². The lowest BCUT2D eigenvalue weighted by molar-refractivity contribution is -0.133. The molecule has 0 aliphatic heterocycles. The van der Waals surface area contributed by atoms with E-state index in [1.165, 1.54) is 13.8 Å². The second-order valence-electron chi connectivity index (χ2n) is 2.96. The SMILES string of the molecule is C=C(C)C(=O)/C=C(\C)C(=O)O.C=CC(=O)O.NC=O. The molecule has 0 rings (SSSR count). The average Bonchev–Trinajstić information content (AvgIpc) is 2.30. The van der Waals surface area contributed by atoms with Crippen LogP contribution in [0.2, 0.25) is 0 Å². The number of hydrogen-bond acceptors (Lipinski definition) is 4. The Labute approximate surface area is 110 Å². The van der Waals surface area contributed by atoms with Gasteiger partial charge in [0.1, 0.15) is 0 Å². The summed E-state index contributed by atoms with van der Waals surface area (Å²) in [5.74, 6) is -2.41. The first kappa shape index (κ1) is 21.6. The fourth-order valence-electron chi connectivity index (χ4n) is 0.382. The molecule has 0 aromatic heterocycles. The van der Waals surface area contributed by atoms with E-state index in [9.17, 15) is 14.4 Å². The smallest absolute Gasteiger partial charge is 0.331 e. The van der Waals surface area contributed by atoms with Gasteiger partial charge in [-0.3, -0.25) is 9.59 Å². The molecule has 0 heterocycles. The van der Waals surface area contributed by atoms with Crippen molar-refractivity contribution in [1.29, 1.82) is 0 Å². The Kier molecular flexibility index (Phi) is 15.2. The van der Waals surface area contributed by atoms with Gasteiger partial charge in [0.25, 0.3) is 0 Å². The summed E-state index contributed by atoms with van der Waals surface area (Å²) < 4.78 is 0. The Balaban J connectivity index is -0.000000266. The number of carboxylic acids is 2. The maximum Gasteiger partial charge on any atom is 0.331 e. The lowest BCUT2D eigenvalue weighted by Crippen LogP contribution is -2.01. The second kappa shape index (κ2) is 13.4. The topological polar surface area (TPSA) is 135 Å². The van der Waals surface area contributed by atoms with E-state index in [1.54, 1.807) is 0 Å². The highest BCUT2D eigenvalue weighted by atomic mass is 16.4. The molecule has 106 valence electrons. The van der Waals surface area contributed by atoms with Gasteiger partial charge in [-0.25, -0.2) is 9.59 Å². The maximum absolute atomic E-state index is 10.8. The number of aliphatic carboxylic acids is 2. The summed E-state index contributed by atoms with van der Waals surface area (Å²) in [6.45, 7) is 9.24. The molecule has 0 fully saturated rings. The van der Waals surface area contributed by atoms with Crippen LogP contribution >= 0.6 is 0 Å². The Morgan fingerprint density at radius 2 is 1.47 bits per heavy atom. The molecule has 0 bridgehead atoms. The molecular weight excluding hydrogens is 254 g/mol. The van der Waals surface area contributed by atoms with E-state index < -0.39 is 11.9 Å². The molecule has 0 aliphatic rings. The quantitative estimate of drug-likeness (QED) is 0.504. The Morgan fingerprint density at radius 3 is 1.63 bits per heavy atom. The monoisotopic (exact) mass is 271 g/mol. The van der Waals surface area contributed by atoms with Crippen molar-refractivity contribution in [2.24, 2.45) is 5.73 Å². The lowest BCUT2D eigenvalue weighted by atomic mass is 10.1. The van der Waals surface area contributed by atoms with Crippen LogP contribution in [-0.2, 0) is 19.2 Å². The zero-order chi connectivity index (χ0) is 16.0. The minimum absolute atomic E-state index is 0.0259. The van der Waals surface area contributed by atoms with E-state index in [0.717, 1.165) is 12.2 Å². The molecule has 7 heteroatoms. The van der Waals surface area contributed by atoms with Gasteiger partial charge < -0.3 is 15.9 Å². The number of rotatable bonds is 4. The van der Waals surface area contributed by atoms with Gasteiger partial charge in [0.05, 0.1) is 0 Å². The predicted octanol–water partition coefficient (Wildman–Crippen LogP) is 0.521. The molecular formula is C12H17NO6. The third-order valence-corrected chi connectivity index (χ3v) is 1.28. The van der Waals surface area contributed by atoms with Gasteiger partial charge in [-0.1, -0.05) is 13.2 Å². The second-order valence-corrected chi connectivity index (χ2v) is 2.96. The van der Waals surface area contributed by atoms with Crippen LogP contribution in [0.1, 0.15) is 13.8 Å². The molecule has 4 N–H and O–H groups in total. The van der Waals surface area contributed by atoms with Gasteiger partial charge in [-0.15, -0.1) is 0 Å². The summed E-state index contributed by atoms with van der Waals surface area (Å²) in [5.41, 5.74) is 4.53. The maximum atomic E-state index is 10.8. The minimum Gasteiger partial charge on any atom is -0.478 e. The largest absolute Gasteiger partial charge is 0.478 e. The van der Waals surface area contributed by atoms with Crippen LogP contribution in [0.3, 0.4) is 0 Å². The molecule has 0 spiro atoms. The van der Waals surface area contributed by atoms with E-state index in [-0.39, 0.29) is 17.8 Å². The summed E-state index contributed by atoms with van der Waals surface area (Å²) in [5, 5.41) is 16.0. The summed E-state index contributed by atoms with van der Waals surface area (Å²) in [6.07, 6.45) is 2.14. The minimum atomic E-state index is -1.08. The normalized spacial score (nSPS) is 8.63. The first-order valence-electron chi connectivity index (χ1n) is 4.76. The lowest BCUT2D eigenvalue weighted by Gasteiger charge is -1.92. The Hall–Kier alpha value is -2.70. The van der Waals surface area contributed by atoms with Crippen molar-refractivity contribution in [3.8, 4) is 0 Å². The summed E-state index contributed by atoms with van der Waals surface area (Å²) in [6, 6.07) is 0. The summed E-state index contributed by atoms with van der Waals surface area (Å²) >= 11 is 0. The number of allylic oxidation sites excluding steroid dienone is 2. The van der Waals surface area contributed by atoms with Crippen molar-refractivity contribution < 1.29 is 29.4 Å².